The smallest absolute Gasteiger partial charge is 0.142 e. The predicted octanol–water partition coefficient (Wildman–Crippen LogP) is 3.02. The summed E-state index contributed by atoms with van der Waals surface area (Å²) in [6.07, 6.45) is -0.878. The van der Waals surface area contributed by atoms with Gasteiger partial charge < -0.3 is 20.3 Å². The molecule has 1 atom stereocenters. The van der Waals surface area contributed by atoms with Gasteiger partial charge in [0.25, 0.3) is 0 Å². The van der Waals surface area contributed by atoms with Gasteiger partial charge >= 0.3 is 0 Å². The van der Waals surface area contributed by atoms with Crippen LogP contribution in [-0.4, -0.2) is 19.3 Å². The summed E-state index contributed by atoms with van der Waals surface area (Å²) in [5.41, 5.74) is 7.63. The Hall–Kier alpha value is -1.91. The van der Waals surface area contributed by atoms with Crippen molar-refractivity contribution >= 4 is 17.3 Å². The van der Waals surface area contributed by atoms with Crippen LogP contribution in [0.1, 0.15) is 17.2 Å². The lowest BCUT2D eigenvalue weighted by atomic mass is 9.99. The zero-order valence-corrected chi connectivity index (χ0v) is 12.0. The van der Waals surface area contributed by atoms with Gasteiger partial charge in [0.05, 0.1) is 24.9 Å². The number of aliphatic hydroxyl groups is 1. The molecule has 0 aromatic heterocycles. The number of hydrogen-bond acceptors (Lipinski definition) is 4. The van der Waals surface area contributed by atoms with Gasteiger partial charge in [0.1, 0.15) is 17.6 Å². The molecule has 2 rings (SSSR count). The Morgan fingerprint density at radius 3 is 2.45 bits per heavy atom. The molecular formula is C15H16ClNO3. The van der Waals surface area contributed by atoms with E-state index in [0.717, 1.165) is 0 Å². The zero-order chi connectivity index (χ0) is 14.7. The van der Waals surface area contributed by atoms with Crippen LogP contribution in [0, 0.1) is 0 Å². The monoisotopic (exact) mass is 293 g/mol. The number of benzene rings is 2. The molecule has 0 amide bonds. The van der Waals surface area contributed by atoms with Crippen molar-refractivity contribution in [3.05, 3.63) is 52.5 Å². The molecule has 3 N–H and O–H groups in total. The molecular weight excluding hydrogens is 278 g/mol. The van der Waals surface area contributed by atoms with Crippen LogP contribution in [0.15, 0.2) is 36.4 Å². The van der Waals surface area contributed by atoms with Crippen molar-refractivity contribution < 1.29 is 14.6 Å². The van der Waals surface area contributed by atoms with Gasteiger partial charge in [0, 0.05) is 5.56 Å². The number of anilines is 1. The highest BCUT2D eigenvalue weighted by atomic mass is 35.5. The molecule has 2 aromatic rings. The molecule has 4 nitrogen and oxygen atoms in total. The van der Waals surface area contributed by atoms with Gasteiger partial charge in [-0.05, 0) is 23.8 Å². The zero-order valence-electron chi connectivity index (χ0n) is 11.3. The van der Waals surface area contributed by atoms with Crippen molar-refractivity contribution in [2.24, 2.45) is 0 Å². The molecule has 0 radical (unpaired) electrons. The van der Waals surface area contributed by atoms with E-state index in [1.807, 2.05) is 0 Å². The maximum Gasteiger partial charge on any atom is 0.142 e. The Bertz CT molecular complexity index is 616. The number of nitrogens with two attached hydrogens (primary N) is 1. The van der Waals surface area contributed by atoms with Gasteiger partial charge in [-0.1, -0.05) is 29.8 Å². The average Bonchev–Trinajstić information content (AvgIpc) is 2.47. The van der Waals surface area contributed by atoms with Gasteiger partial charge in [0.2, 0.25) is 0 Å². The molecule has 0 aliphatic heterocycles. The van der Waals surface area contributed by atoms with Crippen molar-refractivity contribution in [2.75, 3.05) is 20.0 Å². The lowest BCUT2D eigenvalue weighted by Gasteiger charge is -2.17. The number of nitrogen functional groups attached to an aromatic ring is 1. The molecule has 1 unspecified atom stereocenters. The highest BCUT2D eigenvalue weighted by molar-refractivity contribution is 6.32. The topological polar surface area (TPSA) is 64.7 Å². The second-order valence-corrected chi connectivity index (χ2v) is 4.67. The van der Waals surface area contributed by atoms with Gasteiger partial charge in [-0.2, -0.15) is 0 Å². The molecule has 0 heterocycles. The predicted molar refractivity (Wildman–Crippen MR) is 79.5 cm³/mol. The van der Waals surface area contributed by atoms with E-state index in [1.54, 1.807) is 36.4 Å². The SMILES string of the molecule is COc1cc(C(O)c2cccc(OC)c2N)ccc1Cl. The van der Waals surface area contributed by atoms with Crippen molar-refractivity contribution in [3.63, 3.8) is 0 Å². The lowest BCUT2D eigenvalue weighted by molar-refractivity contribution is 0.220. The van der Waals surface area contributed by atoms with E-state index < -0.39 is 6.10 Å². The van der Waals surface area contributed by atoms with Crippen molar-refractivity contribution in [2.45, 2.75) is 6.10 Å². The number of para-hydroxylation sites is 1. The fourth-order valence-electron chi connectivity index (χ4n) is 2.00. The van der Waals surface area contributed by atoms with E-state index in [2.05, 4.69) is 0 Å². The Morgan fingerprint density at radius 2 is 1.80 bits per heavy atom. The number of methoxy groups -OCH3 is 2. The summed E-state index contributed by atoms with van der Waals surface area (Å²) >= 11 is 5.97. The highest BCUT2D eigenvalue weighted by Crippen LogP contribution is 2.35. The highest BCUT2D eigenvalue weighted by Gasteiger charge is 2.17. The molecule has 0 spiro atoms. The molecule has 0 fully saturated rings. The third-order valence-corrected chi connectivity index (χ3v) is 3.42. The van der Waals surface area contributed by atoms with Crippen LogP contribution >= 0.6 is 11.6 Å². The standard InChI is InChI=1S/C15H16ClNO3/c1-19-12-5-3-4-10(14(12)17)15(18)9-6-7-11(16)13(8-9)20-2/h3-8,15,18H,17H2,1-2H3. The fourth-order valence-corrected chi connectivity index (χ4v) is 2.20. The molecule has 5 heteroatoms. The third-order valence-electron chi connectivity index (χ3n) is 3.11. The maximum atomic E-state index is 10.5. The first-order valence-electron chi connectivity index (χ1n) is 6.02. The second kappa shape index (κ2) is 6.03. The Labute approximate surface area is 122 Å². The number of aliphatic hydroxyl groups excluding tert-OH is 1. The van der Waals surface area contributed by atoms with E-state index in [9.17, 15) is 5.11 Å². The van der Waals surface area contributed by atoms with Gasteiger partial charge in [-0.3, -0.25) is 0 Å². The molecule has 20 heavy (non-hydrogen) atoms. The van der Waals surface area contributed by atoms with E-state index >= 15 is 0 Å². The van der Waals surface area contributed by atoms with E-state index in [4.69, 9.17) is 26.8 Å². The normalized spacial score (nSPS) is 12.0. The molecule has 0 aliphatic rings. The molecule has 106 valence electrons. The summed E-state index contributed by atoms with van der Waals surface area (Å²) in [5.74, 6) is 1.03. The minimum atomic E-state index is -0.878. The first-order valence-corrected chi connectivity index (χ1v) is 6.40. The maximum absolute atomic E-state index is 10.5. The molecule has 0 saturated heterocycles. The quantitative estimate of drug-likeness (QED) is 0.851. The third kappa shape index (κ3) is 2.66. The van der Waals surface area contributed by atoms with Crippen LogP contribution in [0.5, 0.6) is 11.5 Å². The van der Waals surface area contributed by atoms with Crippen LogP contribution in [-0.2, 0) is 0 Å². The second-order valence-electron chi connectivity index (χ2n) is 4.26. The Balaban J connectivity index is 2.43. The number of ether oxygens (including phenoxy) is 2. The van der Waals surface area contributed by atoms with Crippen molar-refractivity contribution in [1.82, 2.24) is 0 Å². The van der Waals surface area contributed by atoms with Crippen molar-refractivity contribution in [1.29, 1.82) is 0 Å². The van der Waals surface area contributed by atoms with Crippen LogP contribution in [0.3, 0.4) is 0 Å². The van der Waals surface area contributed by atoms with Crippen LogP contribution in [0.2, 0.25) is 5.02 Å². The van der Waals surface area contributed by atoms with Gasteiger partial charge in [-0.25, -0.2) is 0 Å². The van der Waals surface area contributed by atoms with Gasteiger partial charge in [0.15, 0.2) is 0 Å². The summed E-state index contributed by atoms with van der Waals surface area (Å²) in [6.45, 7) is 0. The van der Waals surface area contributed by atoms with E-state index in [-0.39, 0.29) is 0 Å². The number of rotatable bonds is 4. The van der Waals surface area contributed by atoms with Crippen molar-refractivity contribution in [3.8, 4) is 11.5 Å². The summed E-state index contributed by atoms with van der Waals surface area (Å²) in [5, 5.41) is 11.0. The Kier molecular flexibility index (Phi) is 4.37. The summed E-state index contributed by atoms with van der Waals surface area (Å²) in [7, 11) is 3.06. The van der Waals surface area contributed by atoms with Crippen LogP contribution < -0.4 is 15.2 Å². The molecule has 2 aromatic carbocycles. The minimum absolute atomic E-state index is 0.413. The lowest BCUT2D eigenvalue weighted by Crippen LogP contribution is -2.05. The molecule has 0 bridgehead atoms. The first-order chi connectivity index (χ1) is 9.58. The fraction of sp³-hybridized carbons (Fsp3) is 0.200. The number of hydrogen-bond donors (Lipinski definition) is 2. The van der Waals surface area contributed by atoms with E-state index in [0.29, 0.717) is 33.3 Å². The molecule has 0 saturated carbocycles. The largest absolute Gasteiger partial charge is 0.495 e. The minimum Gasteiger partial charge on any atom is -0.495 e. The average molecular weight is 294 g/mol. The summed E-state index contributed by atoms with van der Waals surface area (Å²) in [4.78, 5) is 0. The number of halogens is 1. The summed E-state index contributed by atoms with van der Waals surface area (Å²) < 4.78 is 10.3. The van der Waals surface area contributed by atoms with E-state index in [1.165, 1.54) is 14.2 Å². The van der Waals surface area contributed by atoms with Gasteiger partial charge in [-0.15, -0.1) is 0 Å². The summed E-state index contributed by atoms with van der Waals surface area (Å²) in [6, 6.07) is 10.4. The first kappa shape index (κ1) is 14.5. The van der Waals surface area contributed by atoms with Crippen LogP contribution in [0.4, 0.5) is 5.69 Å². The Morgan fingerprint density at radius 1 is 1.10 bits per heavy atom. The molecule has 0 aliphatic carbocycles. The van der Waals surface area contributed by atoms with Crippen LogP contribution in [0.25, 0.3) is 0 Å².